The lowest BCUT2D eigenvalue weighted by Gasteiger charge is -2.25. The molecule has 1 aromatic heterocycles. The van der Waals surface area contributed by atoms with Gasteiger partial charge in [-0.05, 0) is 59.0 Å². The molecule has 0 aliphatic heterocycles. The Hall–Kier alpha value is -3.91. The Bertz CT molecular complexity index is 1400. The first-order valence-corrected chi connectivity index (χ1v) is 12.1. The summed E-state index contributed by atoms with van der Waals surface area (Å²) in [6.45, 7) is 0.156. The van der Waals surface area contributed by atoms with E-state index in [9.17, 15) is 13.2 Å². The normalized spacial score (nSPS) is 11.2. The van der Waals surface area contributed by atoms with Gasteiger partial charge in [0.05, 0.1) is 37.8 Å². The number of sulfonamides is 1. The molecule has 174 valence electrons. The van der Waals surface area contributed by atoms with Crippen LogP contribution >= 0.6 is 0 Å². The monoisotopic (exact) mass is 476 g/mol. The third kappa shape index (κ3) is 5.18. The molecule has 0 aliphatic carbocycles. The van der Waals surface area contributed by atoms with Crippen molar-refractivity contribution in [2.45, 2.75) is 12.3 Å². The van der Waals surface area contributed by atoms with E-state index >= 15 is 0 Å². The summed E-state index contributed by atoms with van der Waals surface area (Å²) in [5.74, 6) is 0.00201. The minimum Gasteiger partial charge on any atom is -0.497 e. The SMILES string of the molecule is COC(=O)c1ccc(CS(=O)(=O)N(Cc2ccc(OC)cc2)c2ccc3cnccc3c2)cc1. The molecule has 0 saturated heterocycles. The van der Waals surface area contributed by atoms with E-state index in [1.807, 2.05) is 30.3 Å². The maximum atomic E-state index is 13.6. The van der Waals surface area contributed by atoms with Gasteiger partial charge in [0, 0.05) is 17.8 Å². The number of fused-ring (bicyclic) bond motifs is 1. The lowest BCUT2D eigenvalue weighted by molar-refractivity contribution is 0.0600. The largest absolute Gasteiger partial charge is 0.497 e. The molecule has 0 saturated carbocycles. The first kappa shape index (κ1) is 23.3. The Morgan fingerprint density at radius 2 is 1.59 bits per heavy atom. The van der Waals surface area contributed by atoms with Crippen molar-refractivity contribution in [2.75, 3.05) is 18.5 Å². The number of ether oxygens (including phenoxy) is 2. The Labute approximate surface area is 198 Å². The number of pyridine rings is 1. The quantitative estimate of drug-likeness (QED) is 0.347. The van der Waals surface area contributed by atoms with Crippen molar-refractivity contribution < 1.29 is 22.7 Å². The first-order chi connectivity index (χ1) is 16.4. The molecule has 0 spiro atoms. The number of anilines is 1. The molecule has 8 heteroatoms. The maximum Gasteiger partial charge on any atom is 0.337 e. The number of hydrogen-bond donors (Lipinski definition) is 0. The molecule has 34 heavy (non-hydrogen) atoms. The molecule has 0 fully saturated rings. The molecule has 0 atom stereocenters. The topological polar surface area (TPSA) is 85.8 Å². The highest BCUT2D eigenvalue weighted by Crippen LogP contribution is 2.28. The second-order valence-corrected chi connectivity index (χ2v) is 9.60. The molecule has 0 unspecified atom stereocenters. The van der Waals surface area contributed by atoms with E-state index in [2.05, 4.69) is 4.98 Å². The second-order valence-electron chi connectivity index (χ2n) is 7.71. The summed E-state index contributed by atoms with van der Waals surface area (Å²) in [7, 11) is -0.892. The summed E-state index contributed by atoms with van der Waals surface area (Å²) in [6, 6.07) is 21.0. The number of nitrogens with zero attached hydrogens (tertiary/aromatic N) is 2. The first-order valence-electron chi connectivity index (χ1n) is 10.5. The van der Waals surface area contributed by atoms with Crippen molar-refractivity contribution in [3.05, 3.63) is 102 Å². The molecular weight excluding hydrogens is 452 g/mol. The molecular formula is C26H24N2O5S. The molecule has 0 N–H and O–H groups in total. The summed E-state index contributed by atoms with van der Waals surface area (Å²) in [4.78, 5) is 15.8. The van der Waals surface area contributed by atoms with Crippen molar-refractivity contribution in [2.24, 2.45) is 0 Å². The Morgan fingerprint density at radius 1 is 0.882 bits per heavy atom. The van der Waals surface area contributed by atoms with Crippen LogP contribution in [-0.4, -0.2) is 33.6 Å². The molecule has 4 aromatic rings. The van der Waals surface area contributed by atoms with Crippen LogP contribution < -0.4 is 9.04 Å². The number of esters is 1. The molecule has 0 aliphatic rings. The lowest BCUT2D eigenvalue weighted by atomic mass is 10.1. The lowest BCUT2D eigenvalue weighted by Crippen LogP contribution is -2.31. The summed E-state index contributed by atoms with van der Waals surface area (Å²) < 4.78 is 38.6. The van der Waals surface area contributed by atoms with Crippen molar-refractivity contribution in [3.8, 4) is 5.75 Å². The zero-order chi connectivity index (χ0) is 24.1. The highest BCUT2D eigenvalue weighted by Gasteiger charge is 2.24. The van der Waals surface area contributed by atoms with E-state index in [4.69, 9.17) is 9.47 Å². The highest BCUT2D eigenvalue weighted by molar-refractivity contribution is 7.92. The summed E-state index contributed by atoms with van der Waals surface area (Å²) in [5.41, 5.74) is 2.31. The van der Waals surface area contributed by atoms with Gasteiger partial charge in [-0.3, -0.25) is 9.29 Å². The number of hydrogen-bond acceptors (Lipinski definition) is 6. The molecule has 3 aromatic carbocycles. The molecule has 4 rings (SSSR count). The average molecular weight is 477 g/mol. The van der Waals surface area contributed by atoms with Crippen LogP contribution in [0, 0.1) is 0 Å². The fraction of sp³-hybridized carbons (Fsp3) is 0.154. The fourth-order valence-electron chi connectivity index (χ4n) is 3.62. The van der Waals surface area contributed by atoms with Gasteiger partial charge in [0.2, 0.25) is 10.0 Å². The van der Waals surface area contributed by atoms with Crippen LogP contribution in [0.4, 0.5) is 5.69 Å². The van der Waals surface area contributed by atoms with Crippen LogP contribution in [0.1, 0.15) is 21.5 Å². The molecule has 0 bridgehead atoms. The predicted octanol–water partition coefficient (Wildman–Crippen LogP) is 4.57. The number of methoxy groups -OCH3 is 2. The number of carbonyl (C=O) groups excluding carboxylic acids is 1. The molecule has 1 heterocycles. The molecule has 0 amide bonds. The summed E-state index contributed by atoms with van der Waals surface area (Å²) >= 11 is 0. The minimum atomic E-state index is -3.78. The third-order valence-electron chi connectivity index (χ3n) is 5.46. The summed E-state index contributed by atoms with van der Waals surface area (Å²) in [6.07, 6.45) is 3.42. The van der Waals surface area contributed by atoms with Gasteiger partial charge in [0.1, 0.15) is 5.75 Å². The summed E-state index contributed by atoms with van der Waals surface area (Å²) in [5, 5.41) is 1.82. The van der Waals surface area contributed by atoms with E-state index in [1.165, 1.54) is 11.4 Å². The number of carbonyl (C=O) groups is 1. The van der Waals surface area contributed by atoms with Gasteiger partial charge in [-0.1, -0.05) is 30.3 Å². The van der Waals surface area contributed by atoms with E-state index in [-0.39, 0.29) is 12.3 Å². The van der Waals surface area contributed by atoms with Crippen LogP contribution in [0.2, 0.25) is 0 Å². The van der Waals surface area contributed by atoms with Crippen LogP contribution in [0.15, 0.2) is 85.2 Å². The minimum absolute atomic E-state index is 0.156. The van der Waals surface area contributed by atoms with E-state index in [0.717, 1.165) is 16.3 Å². The fourth-order valence-corrected chi connectivity index (χ4v) is 5.17. The van der Waals surface area contributed by atoms with E-state index in [1.54, 1.807) is 62.0 Å². The van der Waals surface area contributed by atoms with Gasteiger partial charge in [-0.15, -0.1) is 0 Å². The van der Waals surface area contributed by atoms with E-state index < -0.39 is 16.0 Å². The predicted molar refractivity (Wildman–Crippen MR) is 131 cm³/mol. The van der Waals surface area contributed by atoms with Crippen molar-refractivity contribution in [1.29, 1.82) is 0 Å². The van der Waals surface area contributed by atoms with Crippen molar-refractivity contribution in [3.63, 3.8) is 0 Å². The van der Waals surface area contributed by atoms with Crippen molar-refractivity contribution >= 4 is 32.5 Å². The van der Waals surface area contributed by atoms with E-state index in [0.29, 0.717) is 22.6 Å². The Morgan fingerprint density at radius 3 is 2.26 bits per heavy atom. The van der Waals surface area contributed by atoms with Crippen LogP contribution in [0.25, 0.3) is 10.8 Å². The number of rotatable bonds is 8. The highest BCUT2D eigenvalue weighted by atomic mass is 32.2. The standard InChI is InChI=1S/C26H24N2O5S/c1-32-25-11-5-19(6-12-25)17-28(24-10-9-23-16-27-14-13-22(23)15-24)34(30,31)18-20-3-7-21(8-4-20)26(29)33-2/h3-16H,17-18H2,1-2H3. The van der Waals surface area contributed by atoms with Crippen molar-refractivity contribution in [1.82, 2.24) is 4.98 Å². The van der Waals surface area contributed by atoms with Crippen LogP contribution in [-0.2, 0) is 27.1 Å². The van der Waals surface area contributed by atoms with Gasteiger partial charge in [0.15, 0.2) is 0 Å². The number of benzene rings is 3. The van der Waals surface area contributed by atoms with Gasteiger partial charge < -0.3 is 9.47 Å². The molecule has 7 nitrogen and oxygen atoms in total. The smallest absolute Gasteiger partial charge is 0.337 e. The van der Waals surface area contributed by atoms with Gasteiger partial charge in [0.25, 0.3) is 0 Å². The van der Waals surface area contributed by atoms with Crippen LogP contribution in [0.5, 0.6) is 5.75 Å². The van der Waals surface area contributed by atoms with Gasteiger partial charge >= 0.3 is 5.97 Å². The number of aromatic nitrogens is 1. The molecule has 0 radical (unpaired) electrons. The second kappa shape index (κ2) is 9.93. The Kier molecular flexibility index (Phi) is 6.79. The third-order valence-corrected chi connectivity index (χ3v) is 7.17. The Balaban J connectivity index is 1.69. The maximum absolute atomic E-state index is 13.6. The average Bonchev–Trinajstić information content (AvgIpc) is 2.87. The van der Waals surface area contributed by atoms with Gasteiger partial charge in [-0.2, -0.15) is 0 Å². The zero-order valence-corrected chi connectivity index (χ0v) is 19.7. The van der Waals surface area contributed by atoms with Gasteiger partial charge in [-0.25, -0.2) is 13.2 Å². The zero-order valence-electron chi connectivity index (χ0n) is 18.8. The van der Waals surface area contributed by atoms with Crippen LogP contribution in [0.3, 0.4) is 0 Å².